The molecule has 92 valence electrons. The maximum absolute atomic E-state index is 10.8. The standard InChI is InChI=1S/C12H16N2O3/c1-12(2)8(6-13)11(12)7-3-4-10(15)9(5-7)14(16)17/h3-5,8,11,15H,6,13H2,1-2H3. The third-order valence-electron chi connectivity index (χ3n) is 3.86. The minimum atomic E-state index is -0.564. The van der Waals surface area contributed by atoms with E-state index < -0.39 is 4.92 Å². The summed E-state index contributed by atoms with van der Waals surface area (Å²) < 4.78 is 0. The van der Waals surface area contributed by atoms with Gasteiger partial charge in [-0.2, -0.15) is 0 Å². The van der Waals surface area contributed by atoms with Gasteiger partial charge in [-0.3, -0.25) is 10.1 Å². The van der Waals surface area contributed by atoms with Crippen molar-refractivity contribution in [3.63, 3.8) is 0 Å². The molecule has 17 heavy (non-hydrogen) atoms. The lowest BCUT2D eigenvalue weighted by Gasteiger charge is -2.04. The Kier molecular flexibility index (Phi) is 2.58. The number of rotatable bonds is 3. The first-order chi connectivity index (χ1) is 7.89. The van der Waals surface area contributed by atoms with Gasteiger partial charge in [0.25, 0.3) is 0 Å². The van der Waals surface area contributed by atoms with E-state index in [0.29, 0.717) is 12.5 Å². The van der Waals surface area contributed by atoms with E-state index in [9.17, 15) is 15.2 Å². The molecule has 0 amide bonds. The summed E-state index contributed by atoms with van der Waals surface area (Å²) in [5.41, 5.74) is 6.41. The Hall–Kier alpha value is -1.62. The highest BCUT2D eigenvalue weighted by Gasteiger charge is 2.57. The first-order valence-corrected chi connectivity index (χ1v) is 5.57. The van der Waals surface area contributed by atoms with Gasteiger partial charge in [0.2, 0.25) is 0 Å². The monoisotopic (exact) mass is 236 g/mol. The smallest absolute Gasteiger partial charge is 0.310 e. The highest BCUT2D eigenvalue weighted by Crippen LogP contribution is 2.64. The lowest BCUT2D eigenvalue weighted by molar-refractivity contribution is -0.385. The van der Waals surface area contributed by atoms with Crippen molar-refractivity contribution in [2.45, 2.75) is 19.8 Å². The number of nitrogens with zero attached hydrogens (tertiary/aromatic N) is 1. The fourth-order valence-electron chi connectivity index (χ4n) is 2.73. The van der Waals surface area contributed by atoms with Crippen LogP contribution in [0.2, 0.25) is 0 Å². The van der Waals surface area contributed by atoms with Crippen molar-refractivity contribution >= 4 is 5.69 Å². The molecule has 2 rings (SSSR count). The van der Waals surface area contributed by atoms with Gasteiger partial charge in [-0.1, -0.05) is 19.9 Å². The molecule has 0 spiro atoms. The number of nitro benzene ring substituents is 1. The molecule has 0 radical (unpaired) electrons. The van der Waals surface area contributed by atoms with Crippen LogP contribution in [0.5, 0.6) is 5.75 Å². The summed E-state index contributed by atoms with van der Waals surface area (Å²) >= 11 is 0. The van der Waals surface area contributed by atoms with Crippen molar-refractivity contribution < 1.29 is 10.0 Å². The predicted molar refractivity (Wildman–Crippen MR) is 63.8 cm³/mol. The van der Waals surface area contributed by atoms with Gasteiger partial charge in [0, 0.05) is 6.07 Å². The number of hydrogen-bond acceptors (Lipinski definition) is 4. The van der Waals surface area contributed by atoms with Crippen molar-refractivity contribution in [3.05, 3.63) is 33.9 Å². The summed E-state index contributed by atoms with van der Waals surface area (Å²) in [6.45, 7) is 4.79. The molecule has 5 heteroatoms. The average molecular weight is 236 g/mol. The van der Waals surface area contributed by atoms with Crippen LogP contribution < -0.4 is 5.73 Å². The van der Waals surface area contributed by atoms with E-state index >= 15 is 0 Å². The lowest BCUT2D eigenvalue weighted by Crippen LogP contribution is -2.05. The fraction of sp³-hybridized carbons (Fsp3) is 0.500. The van der Waals surface area contributed by atoms with Crippen LogP contribution in [0, 0.1) is 21.4 Å². The van der Waals surface area contributed by atoms with Gasteiger partial charge >= 0.3 is 5.69 Å². The van der Waals surface area contributed by atoms with Crippen LogP contribution in [0.15, 0.2) is 18.2 Å². The summed E-state index contributed by atoms with van der Waals surface area (Å²) in [7, 11) is 0. The van der Waals surface area contributed by atoms with E-state index in [1.807, 2.05) is 0 Å². The predicted octanol–water partition coefficient (Wildman–Crippen LogP) is 2.00. The van der Waals surface area contributed by atoms with E-state index in [0.717, 1.165) is 5.56 Å². The number of nitrogens with two attached hydrogens (primary N) is 1. The molecule has 0 aliphatic heterocycles. The van der Waals surface area contributed by atoms with Crippen LogP contribution in [-0.2, 0) is 0 Å². The summed E-state index contributed by atoms with van der Waals surface area (Å²) in [6.07, 6.45) is 0. The Morgan fingerprint density at radius 1 is 1.53 bits per heavy atom. The molecular weight excluding hydrogens is 220 g/mol. The molecule has 1 aliphatic rings. The summed E-state index contributed by atoms with van der Waals surface area (Å²) in [6, 6.07) is 4.58. The summed E-state index contributed by atoms with van der Waals surface area (Å²) in [5.74, 6) is 0.306. The molecule has 1 aromatic rings. The third kappa shape index (κ3) is 1.76. The van der Waals surface area contributed by atoms with Crippen molar-refractivity contribution in [2.24, 2.45) is 17.1 Å². The van der Waals surface area contributed by atoms with E-state index in [2.05, 4.69) is 13.8 Å². The maximum Gasteiger partial charge on any atom is 0.310 e. The van der Waals surface area contributed by atoms with Gasteiger partial charge in [0.15, 0.2) is 5.75 Å². The zero-order chi connectivity index (χ0) is 12.8. The number of aromatic hydroxyl groups is 1. The molecule has 2 unspecified atom stereocenters. The van der Waals surface area contributed by atoms with Crippen LogP contribution >= 0.6 is 0 Å². The summed E-state index contributed by atoms with van der Waals surface area (Å²) in [5, 5.41) is 20.1. The quantitative estimate of drug-likeness (QED) is 0.620. The molecule has 3 N–H and O–H groups in total. The van der Waals surface area contributed by atoms with Crippen LogP contribution in [0.25, 0.3) is 0 Å². The van der Waals surface area contributed by atoms with E-state index in [-0.39, 0.29) is 22.8 Å². The number of phenolic OH excluding ortho intramolecular Hbond substituents is 1. The van der Waals surface area contributed by atoms with Crippen molar-refractivity contribution in [2.75, 3.05) is 6.54 Å². The van der Waals surface area contributed by atoms with Gasteiger partial charge in [-0.25, -0.2) is 0 Å². The fourth-order valence-corrected chi connectivity index (χ4v) is 2.73. The van der Waals surface area contributed by atoms with E-state index in [4.69, 9.17) is 5.73 Å². The Labute approximate surface area is 99.4 Å². The Morgan fingerprint density at radius 3 is 2.65 bits per heavy atom. The molecule has 2 atom stereocenters. The summed E-state index contributed by atoms with van der Waals surface area (Å²) in [4.78, 5) is 10.2. The number of benzene rings is 1. The molecule has 1 saturated carbocycles. The topological polar surface area (TPSA) is 89.4 Å². The average Bonchev–Trinajstić information content (AvgIpc) is 2.81. The molecule has 0 bridgehead atoms. The second kappa shape index (κ2) is 3.70. The van der Waals surface area contributed by atoms with Gasteiger partial charge in [-0.05, 0) is 35.4 Å². The van der Waals surface area contributed by atoms with Crippen LogP contribution in [0.4, 0.5) is 5.69 Å². The molecular formula is C12H16N2O3. The Bertz CT molecular complexity index is 471. The zero-order valence-corrected chi connectivity index (χ0v) is 9.88. The highest BCUT2D eigenvalue weighted by molar-refractivity contribution is 5.50. The second-order valence-electron chi connectivity index (χ2n) is 5.15. The highest BCUT2D eigenvalue weighted by atomic mass is 16.6. The largest absolute Gasteiger partial charge is 0.502 e. The van der Waals surface area contributed by atoms with E-state index in [1.165, 1.54) is 12.1 Å². The molecule has 1 fully saturated rings. The van der Waals surface area contributed by atoms with Gasteiger partial charge in [0.05, 0.1) is 4.92 Å². The number of nitro groups is 1. The Morgan fingerprint density at radius 2 is 2.18 bits per heavy atom. The van der Waals surface area contributed by atoms with Crippen molar-refractivity contribution in [1.29, 1.82) is 0 Å². The number of phenols is 1. The van der Waals surface area contributed by atoms with Crippen LogP contribution in [0.1, 0.15) is 25.3 Å². The SMILES string of the molecule is CC1(C)C(CN)C1c1ccc(O)c([N+](=O)[O-])c1. The van der Waals surface area contributed by atoms with Crippen LogP contribution in [-0.4, -0.2) is 16.6 Å². The minimum Gasteiger partial charge on any atom is -0.502 e. The molecule has 1 aromatic carbocycles. The van der Waals surface area contributed by atoms with Gasteiger partial charge < -0.3 is 10.8 Å². The minimum absolute atomic E-state index is 0.0829. The lowest BCUT2D eigenvalue weighted by atomic mass is 10.0. The Balaban J connectivity index is 2.36. The first-order valence-electron chi connectivity index (χ1n) is 5.57. The maximum atomic E-state index is 10.8. The van der Waals surface area contributed by atoms with Gasteiger partial charge in [0.1, 0.15) is 0 Å². The third-order valence-corrected chi connectivity index (χ3v) is 3.86. The molecule has 0 aromatic heterocycles. The molecule has 5 nitrogen and oxygen atoms in total. The van der Waals surface area contributed by atoms with Gasteiger partial charge in [-0.15, -0.1) is 0 Å². The second-order valence-corrected chi connectivity index (χ2v) is 5.15. The first kappa shape index (κ1) is 11.9. The molecule has 0 heterocycles. The van der Waals surface area contributed by atoms with E-state index in [1.54, 1.807) is 6.07 Å². The van der Waals surface area contributed by atoms with Crippen LogP contribution in [0.3, 0.4) is 0 Å². The normalized spacial score (nSPS) is 25.6. The molecule has 1 aliphatic carbocycles. The van der Waals surface area contributed by atoms with Crippen molar-refractivity contribution in [3.8, 4) is 5.75 Å². The van der Waals surface area contributed by atoms with Crippen molar-refractivity contribution in [1.82, 2.24) is 0 Å². The zero-order valence-electron chi connectivity index (χ0n) is 9.88. The molecule has 0 saturated heterocycles. The number of hydrogen-bond donors (Lipinski definition) is 2.